The molecule has 4 heteroatoms. The molecule has 4 nitrogen and oxygen atoms in total. The third-order valence-corrected chi connectivity index (χ3v) is 4.97. The molecule has 0 spiro atoms. The van der Waals surface area contributed by atoms with E-state index < -0.39 is 0 Å². The van der Waals surface area contributed by atoms with Crippen LogP contribution < -0.4 is 4.90 Å². The van der Waals surface area contributed by atoms with Crippen LogP contribution in [0.3, 0.4) is 0 Å². The van der Waals surface area contributed by atoms with E-state index in [1.807, 2.05) is 12.1 Å². The summed E-state index contributed by atoms with van der Waals surface area (Å²) in [4.78, 5) is 15.4. The van der Waals surface area contributed by atoms with Crippen molar-refractivity contribution in [2.45, 2.75) is 6.54 Å². The first kappa shape index (κ1) is 15.8. The van der Waals surface area contributed by atoms with E-state index in [1.54, 1.807) is 12.1 Å². The molecule has 126 valence electrons. The lowest BCUT2D eigenvalue weighted by molar-refractivity contribution is 0.250. The Morgan fingerprint density at radius 3 is 2.28 bits per heavy atom. The Morgan fingerprint density at radius 2 is 1.52 bits per heavy atom. The summed E-state index contributed by atoms with van der Waals surface area (Å²) < 4.78 is 0. The van der Waals surface area contributed by atoms with Gasteiger partial charge in [0.2, 0.25) is 0 Å². The van der Waals surface area contributed by atoms with Crippen LogP contribution in [0.1, 0.15) is 5.56 Å². The molecule has 0 aliphatic carbocycles. The lowest BCUT2D eigenvalue weighted by Crippen LogP contribution is -2.45. The maximum atomic E-state index is 10.5. The highest BCUT2D eigenvalue weighted by Crippen LogP contribution is 2.23. The number of benzene rings is 3. The highest BCUT2D eigenvalue weighted by atomic mass is 16.3. The fourth-order valence-corrected chi connectivity index (χ4v) is 3.56. The largest absolute Gasteiger partial charge is 0.369 e. The smallest absolute Gasteiger partial charge is 0.108 e. The maximum absolute atomic E-state index is 10.5. The van der Waals surface area contributed by atoms with Gasteiger partial charge in [-0.1, -0.05) is 42.5 Å². The summed E-state index contributed by atoms with van der Waals surface area (Å²) in [7, 11) is 0. The Morgan fingerprint density at radius 1 is 0.800 bits per heavy atom. The quantitative estimate of drug-likeness (QED) is 0.658. The molecule has 0 unspecified atom stereocenters. The number of hydrogen-bond donors (Lipinski definition) is 0. The van der Waals surface area contributed by atoms with Crippen LogP contribution in [0, 0.1) is 4.91 Å². The summed E-state index contributed by atoms with van der Waals surface area (Å²) in [6, 6.07) is 22.7. The van der Waals surface area contributed by atoms with E-state index in [9.17, 15) is 4.91 Å². The summed E-state index contributed by atoms with van der Waals surface area (Å²) in [5.74, 6) is 0. The van der Waals surface area contributed by atoms with Gasteiger partial charge in [-0.05, 0) is 45.8 Å². The van der Waals surface area contributed by atoms with E-state index in [1.165, 1.54) is 16.3 Å². The van der Waals surface area contributed by atoms with Crippen molar-refractivity contribution in [1.29, 1.82) is 0 Å². The Hall–Kier alpha value is -2.72. The molecular formula is C21H21N3O. The van der Waals surface area contributed by atoms with Crippen molar-refractivity contribution in [1.82, 2.24) is 4.90 Å². The number of nitroso groups, excluding NO2 is 1. The topological polar surface area (TPSA) is 35.9 Å². The Bertz CT molecular complexity index is 862. The molecule has 0 aromatic heterocycles. The molecule has 1 saturated heterocycles. The molecule has 3 aromatic carbocycles. The second kappa shape index (κ2) is 7.03. The highest BCUT2D eigenvalue weighted by Gasteiger charge is 2.18. The molecule has 1 heterocycles. The van der Waals surface area contributed by atoms with Crippen LogP contribution in [0.15, 0.2) is 71.9 Å². The van der Waals surface area contributed by atoms with Crippen molar-refractivity contribution >= 4 is 22.1 Å². The standard InChI is InChI=1S/C21H21N3O/c25-22-19-8-10-20(11-9-19)24-14-12-23(13-15-24)16-18-6-3-5-17-4-1-2-7-21(17)18/h1-11H,12-16H2. The summed E-state index contributed by atoms with van der Waals surface area (Å²) in [6.45, 7) is 5.06. The average molecular weight is 331 g/mol. The first-order chi connectivity index (χ1) is 12.3. The van der Waals surface area contributed by atoms with Gasteiger partial charge in [0, 0.05) is 38.4 Å². The Kier molecular flexibility index (Phi) is 4.44. The van der Waals surface area contributed by atoms with Crippen molar-refractivity contribution in [3.8, 4) is 0 Å². The molecular weight excluding hydrogens is 310 g/mol. The third-order valence-electron chi connectivity index (χ3n) is 4.97. The molecule has 0 N–H and O–H groups in total. The molecule has 4 rings (SSSR count). The first-order valence-corrected chi connectivity index (χ1v) is 8.71. The van der Waals surface area contributed by atoms with E-state index >= 15 is 0 Å². The van der Waals surface area contributed by atoms with Gasteiger partial charge in [0.25, 0.3) is 0 Å². The van der Waals surface area contributed by atoms with Crippen molar-refractivity contribution in [2.75, 3.05) is 31.1 Å². The molecule has 0 atom stereocenters. The van der Waals surface area contributed by atoms with Crippen molar-refractivity contribution in [2.24, 2.45) is 5.18 Å². The summed E-state index contributed by atoms with van der Waals surface area (Å²) >= 11 is 0. The van der Waals surface area contributed by atoms with Crippen LogP contribution in [-0.4, -0.2) is 31.1 Å². The van der Waals surface area contributed by atoms with Gasteiger partial charge in [0.05, 0.1) is 0 Å². The molecule has 0 saturated carbocycles. The molecule has 1 aliphatic heterocycles. The van der Waals surface area contributed by atoms with E-state index in [4.69, 9.17) is 0 Å². The second-order valence-electron chi connectivity index (χ2n) is 6.51. The average Bonchev–Trinajstić information content (AvgIpc) is 2.69. The van der Waals surface area contributed by atoms with Crippen LogP contribution in [0.5, 0.6) is 0 Å². The van der Waals surface area contributed by atoms with Crippen LogP contribution in [0.25, 0.3) is 10.8 Å². The van der Waals surface area contributed by atoms with Gasteiger partial charge in [-0.15, -0.1) is 4.91 Å². The number of rotatable bonds is 4. The van der Waals surface area contributed by atoms with Crippen LogP contribution in [0.2, 0.25) is 0 Å². The SMILES string of the molecule is O=Nc1ccc(N2CCN(Cc3cccc4ccccc34)CC2)cc1. The van der Waals surface area contributed by atoms with E-state index in [-0.39, 0.29) is 0 Å². The summed E-state index contributed by atoms with van der Waals surface area (Å²) in [5.41, 5.74) is 3.04. The van der Waals surface area contributed by atoms with Gasteiger partial charge in [-0.2, -0.15) is 0 Å². The second-order valence-corrected chi connectivity index (χ2v) is 6.51. The van der Waals surface area contributed by atoms with Crippen molar-refractivity contribution in [3.63, 3.8) is 0 Å². The maximum Gasteiger partial charge on any atom is 0.108 e. The molecule has 0 amide bonds. The fourth-order valence-electron chi connectivity index (χ4n) is 3.56. The van der Waals surface area contributed by atoms with Crippen LogP contribution >= 0.6 is 0 Å². The zero-order chi connectivity index (χ0) is 17.1. The zero-order valence-electron chi connectivity index (χ0n) is 14.1. The molecule has 1 aliphatic rings. The molecule has 3 aromatic rings. The molecule has 0 radical (unpaired) electrons. The van der Waals surface area contributed by atoms with Crippen molar-refractivity contribution < 1.29 is 0 Å². The van der Waals surface area contributed by atoms with Gasteiger partial charge < -0.3 is 4.90 Å². The van der Waals surface area contributed by atoms with Gasteiger partial charge >= 0.3 is 0 Å². The minimum atomic E-state index is 0.485. The predicted octanol–water partition coefficient (Wildman–Crippen LogP) is 4.56. The Labute approximate surface area is 147 Å². The number of nitrogens with zero attached hydrogens (tertiary/aromatic N) is 3. The van der Waals surface area contributed by atoms with Gasteiger partial charge in [0.1, 0.15) is 5.69 Å². The third kappa shape index (κ3) is 3.39. The monoisotopic (exact) mass is 331 g/mol. The number of fused-ring (bicyclic) bond motifs is 1. The predicted molar refractivity (Wildman–Crippen MR) is 103 cm³/mol. The normalized spacial score (nSPS) is 15.4. The van der Waals surface area contributed by atoms with Crippen LogP contribution in [0.4, 0.5) is 11.4 Å². The number of anilines is 1. The Balaban J connectivity index is 1.42. The van der Waals surface area contributed by atoms with Crippen LogP contribution in [-0.2, 0) is 6.54 Å². The fraction of sp³-hybridized carbons (Fsp3) is 0.238. The van der Waals surface area contributed by atoms with Gasteiger partial charge in [0.15, 0.2) is 0 Å². The van der Waals surface area contributed by atoms with Gasteiger partial charge in [-0.3, -0.25) is 4.90 Å². The van der Waals surface area contributed by atoms with Crippen molar-refractivity contribution in [3.05, 3.63) is 77.2 Å². The lowest BCUT2D eigenvalue weighted by Gasteiger charge is -2.36. The lowest BCUT2D eigenvalue weighted by atomic mass is 10.0. The molecule has 0 bridgehead atoms. The van der Waals surface area contributed by atoms with E-state index in [0.29, 0.717) is 5.69 Å². The molecule has 25 heavy (non-hydrogen) atoms. The first-order valence-electron chi connectivity index (χ1n) is 8.71. The number of piperazine rings is 1. The number of hydrogen-bond acceptors (Lipinski definition) is 4. The zero-order valence-corrected chi connectivity index (χ0v) is 14.1. The highest BCUT2D eigenvalue weighted by molar-refractivity contribution is 5.85. The van der Waals surface area contributed by atoms with Gasteiger partial charge in [-0.25, -0.2) is 0 Å². The minimum Gasteiger partial charge on any atom is -0.369 e. The van der Waals surface area contributed by atoms with E-state index in [2.05, 4.69) is 57.4 Å². The summed E-state index contributed by atoms with van der Waals surface area (Å²) in [6.07, 6.45) is 0. The molecule has 1 fully saturated rings. The summed E-state index contributed by atoms with van der Waals surface area (Å²) in [5, 5.41) is 5.62. The minimum absolute atomic E-state index is 0.485. The van der Waals surface area contributed by atoms with E-state index in [0.717, 1.165) is 38.4 Å².